The summed E-state index contributed by atoms with van der Waals surface area (Å²) in [7, 11) is 0. The Hall–Kier alpha value is -0.870. The van der Waals surface area contributed by atoms with E-state index < -0.39 is 0 Å². The van der Waals surface area contributed by atoms with Gasteiger partial charge < -0.3 is 10.5 Å². The SMILES string of the molecule is CCCC(N)CC(=O)OCCc1cccs1. The molecule has 0 amide bonds. The van der Waals surface area contributed by atoms with Crippen LogP contribution in [0.2, 0.25) is 0 Å². The third-order valence-electron chi connectivity index (χ3n) is 2.28. The van der Waals surface area contributed by atoms with Crippen LogP contribution in [0.25, 0.3) is 0 Å². The Bertz CT molecular complexity index is 298. The van der Waals surface area contributed by atoms with Crippen LogP contribution in [-0.2, 0) is 16.0 Å². The molecule has 1 atom stereocenters. The molecule has 0 saturated heterocycles. The van der Waals surface area contributed by atoms with Crippen LogP contribution in [0.1, 0.15) is 31.1 Å². The summed E-state index contributed by atoms with van der Waals surface area (Å²) in [5.41, 5.74) is 5.75. The molecular formula is C12H19NO2S. The van der Waals surface area contributed by atoms with E-state index in [0.717, 1.165) is 19.3 Å². The van der Waals surface area contributed by atoms with Crippen molar-refractivity contribution in [2.75, 3.05) is 6.61 Å². The highest BCUT2D eigenvalue weighted by atomic mass is 32.1. The van der Waals surface area contributed by atoms with Gasteiger partial charge in [-0.2, -0.15) is 0 Å². The van der Waals surface area contributed by atoms with Gasteiger partial charge in [0, 0.05) is 17.3 Å². The minimum Gasteiger partial charge on any atom is -0.465 e. The molecule has 0 bridgehead atoms. The van der Waals surface area contributed by atoms with Crippen LogP contribution in [0, 0.1) is 0 Å². The number of nitrogens with two attached hydrogens (primary N) is 1. The highest BCUT2D eigenvalue weighted by molar-refractivity contribution is 7.09. The van der Waals surface area contributed by atoms with Gasteiger partial charge in [0.1, 0.15) is 0 Å². The van der Waals surface area contributed by atoms with Crippen molar-refractivity contribution in [1.29, 1.82) is 0 Å². The molecule has 0 aliphatic rings. The van der Waals surface area contributed by atoms with Crippen molar-refractivity contribution in [2.45, 2.75) is 38.6 Å². The molecule has 1 aromatic rings. The number of hydrogen-bond acceptors (Lipinski definition) is 4. The van der Waals surface area contributed by atoms with Crippen LogP contribution < -0.4 is 5.73 Å². The van der Waals surface area contributed by atoms with Crippen LogP contribution in [0.5, 0.6) is 0 Å². The molecule has 0 aliphatic carbocycles. The van der Waals surface area contributed by atoms with Crippen molar-refractivity contribution in [2.24, 2.45) is 5.73 Å². The van der Waals surface area contributed by atoms with E-state index >= 15 is 0 Å². The normalized spacial score (nSPS) is 12.4. The minimum absolute atomic E-state index is 0.0563. The van der Waals surface area contributed by atoms with E-state index in [0.29, 0.717) is 13.0 Å². The molecule has 16 heavy (non-hydrogen) atoms. The molecule has 1 unspecified atom stereocenters. The lowest BCUT2D eigenvalue weighted by molar-refractivity contribution is -0.143. The molecule has 1 heterocycles. The first kappa shape index (κ1) is 13.2. The van der Waals surface area contributed by atoms with E-state index in [4.69, 9.17) is 10.5 Å². The van der Waals surface area contributed by atoms with Gasteiger partial charge in [0.05, 0.1) is 13.0 Å². The first-order valence-electron chi connectivity index (χ1n) is 5.66. The van der Waals surface area contributed by atoms with Crippen molar-refractivity contribution in [3.8, 4) is 0 Å². The van der Waals surface area contributed by atoms with Crippen LogP contribution in [0.3, 0.4) is 0 Å². The number of carbonyl (C=O) groups is 1. The highest BCUT2D eigenvalue weighted by Crippen LogP contribution is 2.09. The number of thiophene rings is 1. The molecule has 0 aliphatic heterocycles. The fourth-order valence-electron chi connectivity index (χ4n) is 1.47. The minimum atomic E-state index is -0.183. The van der Waals surface area contributed by atoms with Crippen LogP contribution in [0.4, 0.5) is 0 Å². The van der Waals surface area contributed by atoms with Gasteiger partial charge in [0.15, 0.2) is 0 Å². The predicted molar refractivity (Wildman–Crippen MR) is 66.5 cm³/mol. The zero-order valence-corrected chi connectivity index (χ0v) is 10.5. The van der Waals surface area contributed by atoms with E-state index in [1.165, 1.54) is 4.88 Å². The molecule has 0 aromatic carbocycles. The summed E-state index contributed by atoms with van der Waals surface area (Å²) in [6.07, 6.45) is 3.01. The maximum absolute atomic E-state index is 11.4. The average molecular weight is 241 g/mol. The van der Waals surface area contributed by atoms with Gasteiger partial charge in [-0.05, 0) is 17.9 Å². The Morgan fingerprint density at radius 2 is 2.44 bits per heavy atom. The van der Waals surface area contributed by atoms with Crippen LogP contribution >= 0.6 is 11.3 Å². The number of carbonyl (C=O) groups excluding carboxylic acids is 1. The highest BCUT2D eigenvalue weighted by Gasteiger charge is 2.09. The third-order valence-corrected chi connectivity index (χ3v) is 3.22. The number of rotatable bonds is 7. The molecule has 4 heteroatoms. The number of ether oxygens (including phenoxy) is 1. The van der Waals surface area contributed by atoms with E-state index in [2.05, 4.69) is 6.92 Å². The predicted octanol–water partition coefficient (Wildman–Crippen LogP) is 2.35. The molecule has 0 fully saturated rings. The van der Waals surface area contributed by atoms with Gasteiger partial charge in [-0.25, -0.2) is 0 Å². The molecule has 0 spiro atoms. The maximum atomic E-state index is 11.4. The summed E-state index contributed by atoms with van der Waals surface area (Å²) in [4.78, 5) is 12.6. The zero-order valence-electron chi connectivity index (χ0n) is 9.65. The Labute approximate surface area is 101 Å². The largest absolute Gasteiger partial charge is 0.465 e. The number of hydrogen-bond donors (Lipinski definition) is 1. The summed E-state index contributed by atoms with van der Waals surface area (Å²) in [5, 5.41) is 2.02. The second kappa shape index (κ2) is 7.41. The Morgan fingerprint density at radius 1 is 1.62 bits per heavy atom. The first-order chi connectivity index (χ1) is 7.72. The van der Waals surface area contributed by atoms with Crippen molar-refractivity contribution >= 4 is 17.3 Å². The average Bonchev–Trinajstić information content (AvgIpc) is 2.70. The molecule has 2 N–H and O–H groups in total. The summed E-state index contributed by atoms with van der Waals surface area (Å²) in [6.45, 7) is 2.51. The van der Waals surface area contributed by atoms with Crippen LogP contribution in [0.15, 0.2) is 17.5 Å². The van der Waals surface area contributed by atoms with E-state index in [-0.39, 0.29) is 12.0 Å². The van der Waals surface area contributed by atoms with E-state index in [1.807, 2.05) is 17.5 Å². The van der Waals surface area contributed by atoms with E-state index in [1.54, 1.807) is 11.3 Å². The summed E-state index contributed by atoms with van der Waals surface area (Å²) in [5.74, 6) is -0.183. The summed E-state index contributed by atoms with van der Waals surface area (Å²) in [6, 6.07) is 3.99. The van der Waals surface area contributed by atoms with Gasteiger partial charge >= 0.3 is 5.97 Å². The fraction of sp³-hybridized carbons (Fsp3) is 0.583. The Morgan fingerprint density at radius 3 is 3.06 bits per heavy atom. The molecule has 0 radical (unpaired) electrons. The van der Waals surface area contributed by atoms with Gasteiger partial charge in [-0.1, -0.05) is 19.4 Å². The number of esters is 1. The van der Waals surface area contributed by atoms with Crippen molar-refractivity contribution in [3.05, 3.63) is 22.4 Å². The van der Waals surface area contributed by atoms with Gasteiger partial charge in [-0.15, -0.1) is 11.3 Å². The monoisotopic (exact) mass is 241 g/mol. The van der Waals surface area contributed by atoms with Crippen molar-refractivity contribution in [3.63, 3.8) is 0 Å². The summed E-state index contributed by atoms with van der Waals surface area (Å²) < 4.78 is 5.12. The Balaban J connectivity index is 2.10. The van der Waals surface area contributed by atoms with Crippen LogP contribution in [-0.4, -0.2) is 18.6 Å². The first-order valence-corrected chi connectivity index (χ1v) is 6.54. The second-order valence-corrected chi connectivity index (χ2v) is 4.83. The van der Waals surface area contributed by atoms with Gasteiger partial charge in [0.25, 0.3) is 0 Å². The molecule has 1 aromatic heterocycles. The van der Waals surface area contributed by atoms with Gasteiger partial charge in [0.2, 0.25) is 0 Å². The quantitative estimate of drug-likeness (QED) is 0.745. The fourth-order valence-corrected chi connectivity index (χ4v) is 2.16. The van der Waals surface area contributed by atoms with Crippen molar-refractivity contribution in [1.82, 2.24) is 0 Å². The lowest BCUT2D eigenvalue weighted by Crippen LogP contribution is -2.24. The lowest BCUT2D eigenvalue weighted by Gasteiger charge is -2.09. The molecule has 3 nitrogen and oxygen atoms in total. The van der Waals surface area contributed by atoms with E-state index in [9.17, 15) is 4.79 Å². The zero-order chi connectivity index (χ0) is 11.8. The van der Waals surface area contributed by atoms with Gasteiger partial charge in [-0.3, -0.25) is 4.79 Å². The topological polar surface area (TPSA) is 52.3 Å². The molecular weight excluding hydrogens is 222 g/mol. The smallest absolute Gasteiger partial charge is 0.307 e. The molecule has 90 valence electrons. The maximum Gasteiger partial charge on any atom is 0.307 e. The van der Waals surface area contributed by atoms with Crippen molar-refractivity contribution < 1.29 is 9.53 Å². The second-order valence-electron chi connectivity index (χ2n) is 3.80. The molecule has 1 rings (SSSR count). The summed E-state index contributed by atoms with van der Waals surface area (Å²) >= 11 is 1.68. The molecule has 0 saturated carbocycles. The standard InChI is InChI=1S/C12H19NO2S/c1-2-4-10(13)9-12(14)15-7-6-11-5-3-8-16-11/h3,5,8,10H,2,4,6-7,9,13H2,1H3. The Kier molecular flexibility index (Phi) is 6.11. The lowest BCUT2D eigenvalue weighted by atomic mass is 10.1. The third kappa shape index (κ3) is 5.28.